The average molecular weight is 471 g/mol. The maximum atomic E-state index is 13.6. The van der Waals surface area contributed by atoms with E-state index in [0.29, 0.717) is 28.7 Å². The fourth-order valence-electron chi connectivity index (χ4n) is 3.93. The smallest absolute Gasteiger partial charge is 0.296 e. The fourth-order valence-corrected chi connectivity index (χ4v) is 4.46. The summed E-state index contributed by atoms with van der Waals surface area (Å²) in [5, 5.41) is 4.64. The van der Waals surface area contributed by atoms with Gasteiger partial charge in [-0.3, -0.25) is 14.5 Å². The third kappa shape index (κ3) is 3.16. The first-order valence-corrected chi connectivity index (χ1v) is 10.6. The van der Waals surface area contributed by atoms with Crippen LogP contribution in [0.5, 0.6) is 5.75 Å². The van der Waals surface area contributed by atoms with Crippen LogP contribution in [-0.4, -0.2) is 17.7 Å². The number of halogens is 2. The number of aryl methyl sites for hydroxylation is 1. The highest BCUT2D eigenvalue weighted by molar-refractivity contribution is 6.38. The summed E-state index contributed by atoms with van der Waals surface area (Å²) in [6.07, 6.45) is 0. The number of rotatable bonds is 4. The first kappa shape index (κ1) is 20.6. The van der Waals surface area contributed by atoms with Crippen molar-refractivity contribution in [3.63, 3.8) is 0 Å². The van der Waals surface area contributed by atoms with E-state index in [4.69, 9.17) is 36.9 Å². The molecule has 0 fully saturated rings. The molecule has 7 nitrogen and oxygen atoms in total. The molecule has 1 aliphatic heterocycles. The molecule has 4 aromatic rings. The van der Waals surface area contributed by atoms with E-state index < -0.39 is 11.9 Å². The van der Waals surface area contributed by atoms with E-state index in [1.54, 1.807) is 37.3 Å². The summed E-state index contributed by atoms with van der Waals surface area (Å²) in [6.45, 7) is 4.13. The molecule has 1 aliphatic rings. The van der Waals surface area contributed by atoms with Crippen LogP contribution in [0.25, 0.3) is 11.0 Å². The molecule has 0 N–H and O–H groups in total. The monoisotopic (exact) mass is 470 g/mol. The van der Waals surface area contributed by atoms with Gasteiger partial charge in [0.2, 0.25) is 5.76 Å². The molecular weight excluding hydrogens is 455 g/mol. The van der Waals surface area contributed by atoms with Crippen LogP contribution < -0.4 is 15.1 Å². The van der Waals surface area contributed by atoms with E-state index in [1.807, 2.05) is 6.92 Å². The van der Waals surface area contributed by atoms with Crippen molar-refractivity contribution < 1.29 is 18.5 Å². The largest absolute Gasteiger partial charge is 0.494 e. The number of benzene rings is 2. The van der Waals surface area contributed by atoms with Crippen LogP contribution in [0, 0.1) is 6.92 Å². The molecule has 32 heavy (non-hydrogen) atoms. The van der Waals surface area contributed by atoms with Gasteiger partial charge in [-0.05, 0) is 43.7 Å². The van der Waals surface area contributed by atoms with Crippen LogP contribution >= 0.6 is 23.2 Å². The maximum Gasteiger partial charge on any atom is 0.296 e. The molecule has 0 spiro atoms. The summed E-state index contributed by atoms with van der Waals surface area (Å²) in [7, 11) is 0. The zero-order valence-electron chi connectivity index (χ0n) is 17.0. The third-order valence-electron chi connectivity index (χ3n) is 5.26. The Hall–Kier alpha value is -3.29. The van der Waals surface area contributed by atoms with Crippen molar-refractivity contribution in [3.05, 3.63) is 85.4 Å². The lowest BCUT2D eigenvalue weighted by atomic mass is 9.98. The van der Waals surface area contributed by atoms with Gasteiger partial charge >= 0.3 is 0 Å². The minimum Gasteiger partial charge on any atom is -0.494 e. The minimum atomic E-state index is -0.781. The number of carbonyl (C=O) groups is 1. The first-order valence-electron chi connectivity index (χ1n) is 9.84. The highest BCUT2D eigenvalue weighted by Gasteiger charge is 2.45. The number of hydrogen-bond donors (Lipinski definition) is 0. The Bertz CT molecular complexity index is 1430. The van der Waals surface area contributed by atoms with Crippen LogP contribution in [0.1, 0.15) is 40.4 Å². The van der Waals surface area contributed by atoms with Crippen molar-refractivity contribution in [1.82, 2.24) is 5.16 Å². The van der Waals surface area contributed by atoms with Gasteiger partial charge in [0.15, 0.2) is 16.8 Å². The van der Waals surface area contributed by atoms with E-state index in [2.05, 4.69) is 5.16 Å². The predicted octanol–water partition coefficient (Wildman–Crippen LogP) is 5.54. The van der Waals surface area contributed by atoms with E-state index in [1.165, 1.54) is 17.0 Å². The van der Waals surface area contributed by atoms with Gasteiger partial charge in [0, 0.05) is 11.1 Å². The van der Waals surface area contributed by atoms with Crippen molar-refractivity contribution >= 4 is 45.9 Å². The molecule has 5 rings (SSSR count). The molecule has 2 aromatic heterocycles. The van der Waals surface area contributed by atoms with Crippen molar-refractivity contribution in [2.75, 3.05) is 11.5 Å². The van der Waals surface area contributed by atoms with E-state index in [-0.39, 0.29) is 38.6 Å². The van der Waals surface area contributed by atoms with Crippen LogP contribution in [0.2, 0.25) is 10.0 Å². The molecule has 3 heterocycles. The summed E-state index contributed by atoms with van der Waals surface area (Å²) in [6, 6.07) is 10.9. The van der Waals surface area contributed by atoms with E-state index in [9.17, 15) is 9.59 Å². The number of ether oxygens (including phenoxy) is 1. The Morgan fingerprint density at radius 3 is 2.53 bits per heavy atom. The Morgan fingerprint density at radius 2 is 1.88 bits per heavy atom. The maximum absolute atomic E-state index is 13.6. The number of amides is 1. The summed E-state index contributed by atoms with van der Waals surface area (Å²) in [5.41, 5.74) is 0.587. The van der Waals surface area contributed by atoms with Gasteiger partial charge in [0.25, 0.3) is 5.91 Å². The number of carbonyl (C=O) groups excluding carboxylic acids is 1. The molecule has 0 aliphatic carbocycles. The lowest BCUT2D eigenvalue weighted by Gasteiger charge is -2.22. The summed E-state index contributed by atoms with van der Waals surface area (Å²) < 4.78 is 16.6. The molecule has 2 aromatic carbocycles. The van der Waals surface area contributed by atoms with Gasteiger partial charge in [-0.25, -0.2) is 0 Å². The van der Waals surface area contributed by atoms with Crippen LogP contribution in [0.4, 0.5) is 5.82 Å². The summed E-state index contributed by atoms with van der Waals surface area (Å²) in [4.78, 5) is 28.4. The van der Waals surface area contributed by atoms with Gasteiger partial charge in [0.1, 0.15) is 11.5 Å². The normalized spacial score (nSPS) is 15.4. The van der Waals surface area contributed by atoms with Gasteiger partial charge < -0.3 is 13.7 Å². The van der Waals surface area contributed by atoms with E-state index in [0.717, 1.165) is 0 Å². The summed E-state index contributed by atoms with van der Waals surface area (Å²) >= 11 is 12.4. The number of fused-ring (bicyclic) bond motifs is 2. The van der Waals surface area contributed by atoms with Gasteiger partial charge in [-0.15, -0.1) is 0 Å². The number of hydrogen-bond acceptors (Lipinski definition) is 6. The van der Waals surface area contributed by atoms with Crippen molar-refractivity contribution in [2.24, 2.45) is 0 Å². The molecule has 1 atom stereocenters. The quantitative estimate of drug-likeness (QED) is 0.388. The first-order chi connectivity index (χ1) is 15.4. The Morgan fingerprint density at radius 1 is 1.12 bits per heavy atom. The van der Waals surface area contributed by atoms with Crippen molar-refractivity contribution in [1.29, 1.82) is 0 Å². The highest BCUT2D eigenvalue weighted by Crippen LogP contribution is 2.42. The molecule has 9 heteroatoms. The van der Waals surface area contributed by atoms with Crippen molar-refractivity contribution in [3.8, 4) is 5.75 Å². The summed E-state index contributed by atoms with van der Waals surface area (Å²) in [5.74, 6) is 0.857. The second-order valence-electron chi connectivity index (χ2n) is 7.31. The topological polar surface area (TPSA) is 85.8 Å². The predicted molar refractivity (Wildman–Crippen MR) is 120 cm³/mol. The molecule has 0 saturated carbocycles. The Kier molecular flexibility index (Phi) is 4.95. The molecule has 0 unspecified atom stereocenters. The van der Waals surface area contributed by atoms with Crippen LogP contribution in [-0.2, 0) is 0 Å². The van der Waals surface area contributed by atoms with Gasteiger partial charge in [-0.1, -0.05) is 40.5 Å². The second-order valence-corrected chi connectivity index (χ2v) is 8.16. The van der Waals surface area contributed by atoms with Gasteiger partial charge in [-0.2, -0.15) is 0 Å². The van der Waals surface area contributed by atoms with Crippen molar-refractivity contribution in [2.45, 2.75) is 19.9 Å². The highest BCUT2D eigenvalue weighted by atomic mass is 35.5. The third-order valence-corrected chi connectivity index (χ3v) is 5.76. The van der Waals surface area contributed by atoms with Gasteiger partial charge in [0.05, 0.1) is 28.6 Å². The number of aromatic nitrogens is 1. The molecule has 162 valence electrons. The number of anilines is 1. The Labute approximate surface area is 192 Å². The lowest BCUT2D eigenvalue weighted by Crippen LogP contribution is -2.29. The minimum absolute atomic E-state index is 0.0914. The molecule has 0 saturated heterocycles. The zero-order chi connectivity index (χ0) is 22.6. The molecule has 0 bridgehead atoms. The lowest BCUT2D eigenvalue weighted by molar-refractivity contribution is 0.0969. The standard InChI is InChI=1S/C23H16Cl2N2O5/c1-3-30-14-6-4-12(5-7-14)19-18-20(28)15-9-13(24)10-16(25)21(15)31-22(18)23(29)27(19)17-8-11(2)32-26-17/h4-10,19H,3H2,1-2H3/t19-/m1/s1. The van der Waals surface area contributed by atoms with Crippen LogP contribution in [0.3, 0.4) is 0 Å². The molecule has 0 radical (unpaired) electrons. The van der Waals surface area contributed by atoms with Crippen LogP contribution in [0.15, 0.2) is 56.2 Å². The fraction of sp³-hybridized carbons (Fsp3) is 0.174. The Balaban J connectivity index is 1.78. The SMILES string of the molecule is CCOc1ccc([C@@H]2c3c(oc4c(Cl)cc(Cl)cc4c3=O)C(=O)N2c2cc(C)on2)cc1. The second kappa shape index (κ2) is 7.69. The van der Waals surface area contributed by atoms with E-state index >= 15 is 0 Å². The molecular formula is C23H16Cl2N2O5. The molecule has 1 amide bonds. The zero-order valence-corrected chi connectivity index (χ0v) is 18.5. The number of nitrogens with zero attached hydrogens (tertiary/aromatic N) is 2. The average Bonchev–Trinajstić information content (AvgIpc) is 3.31.